The van der Waals surface area contributed by atoms with Crippen molar-refractivity contribution in [1.82, 2.24) is 19.7 Å². The SMILES string of the molecule is O=C(Nc1cc(-c2cccs2)nn1-c1nc(-c2ccccc2)cc(=O)[nH]1)c1ccccc1I. The van der Waals surface area contributed by atoms with E-state index < -0.39 is 0 Å². The molecule has 1 amide bonds. The standard InChI is InChI=1S/C24H16IN5O2S/c25-17-10-5-4-9-16(17)23(32)27-21-13-19(20-11-6-12-33-20)29-30(21)24-26-18(14-22(31)28-24)15-7-2-1-3-8-15/h1-14H,(H,27,32)(H,26,28,31). The van der Waals surface area contributed by atoms with Gasteiger partial charge in [-0.05, 0) is 46.2 Å². The van der Waals surface area contributed by atoms with Gasteiger partial charge in [-0.1, -0.05) is 48.5 Å². The molecule has 0 atom stereocenters. The van der Waals surface area contributed by atoms with Crippen LogP contribution in [-0.2, 0) is 0 Å². The number of aromatic nitrogens is 4. The third kappa shape index (κ3) is 4.50. The fourth-order valence-electron chi connectivity index (χ4n) is 3.31. The average molecular weight is 565 g/mol. The molecule has 9 heteroatoms. The molecular formula is C24H16IN5O2S. The molecule has 5 rings (SSSR count). The quantitative estimate of drug-likeness (QED) is 0.287. The predicted octanol–water partition coefficient (Wildman–Crippen LogP) is 5.21. The van der Waals surface area contributed by atoms with Crippen molar-refractivity contribution < 1.29 is 4.79 Å². The Morgan fingerprint density at radius 2 is 1.76 bits per heavy atom. The van der Waals surface area contributed by atoms with Gasteiger partial charge in [0.1, 0.15) is 11.5 Å². The molecule has 0 saturated heterocycles. The summed E-state index contributed by atoms with van der Waals surface area (Å²) in [5, 5.41) is 9.53. The first kappa shape index (κ1) is 21.3. The lowest BCUT2D eigenvalue weighted by Crippen LogP contribution is -2.19. The van der Waals surface area contributed by atoms with Crippen LogP contribution in [0.5, 0.6) is 0 Å². The van der Waals surface area contributed by atoms with Gasteiger partial charge in [-0.15, -0.1) is 11.3 Å². The first-order chi connectivity index (χ1) is 16.1. The van der Waals surface area contributed by atoms with Crippen molar-refractivity contribution >= 4 is 45.7 Å². The lowest BCUT2D eigenvalue weighted by atomic mass is 10.1. The number of nitrogens with one attached hydrogen (secondary N) is 2. The van der Waals surface area contributed by atoms with Crippen LogP contribution in [0.1, 0.15) is 10.4 Å². The number of thiophene rings is 1. The van der Waals surface area contributed by atoms with Crippen LogP contribution < -0.4 is 10.9 Å². The van der Waals surface area contributed by atoms with Crippen molar-refractivity contribution in [3.8, 4) is 27.8 Å². The molecule has 0 fully saturated rings. The minimum Gasteiger partial charge on any atom is -0.306 e. The number of anilines is 1. The number of halogens is 1. The van der Waals surface area contributed by atoms with Gasteiger partial charge in [-0.25, -0.2) is 4.98 Å². The summed E-state index contributed by atoms with van der Waals surface area (Å²) in [6.45, 7) is 0. The topological polar surface area (TPSA) is 92.7 Å². The highest BCUT2D eigenvalue weighted by atomic mass is 127. The number of aromatic amines is 1. The van der Waals surface area contributed by atoms with E-state index in [-0.39, 0.29) is 17.4 Å². The Hall–Kier alpha value is -3.57. The normalized spacial score (nSPS) is 10.8. The van der Waals surface area contributed by atoms with Gasteiger partial charge in [0, 0.05) is 21.3 Å². The molecular weight excluding hydrogens is 549 g/mol. The summed E-state index contributed by atoms with van der Waals surface area (Å²) in [5.41, 5.74) is 2.21. The Balaban J connectivity index is 1.61. The number of benzene rings is 2. The van der Waals surface area contributed by atoms with Crippen LogP contribution >= 0.6 is 33.9 Å². The van der Waals surface area contributed by atoms with Crippen molar-refractivity contribution in [3.63, 3.8) is 0 Å². The summed E-state index contributed by atoms with van der Waals surface area (Å²) in [6.07, 6.45) is 0. The number of hydrogen-bond donors (Lipinski definition) is 2. The second-order valence-electron chi connectivity index (χ2n) is 7.06. The van der Waals surface area contributed by atoms with Gasteiger partial charge in [-0.3, -0.25) is 14.6 Å². The van der Waals surface area contributed by atoms with Gasteiger partial charge in [0.05, 0.1) is 16.1 Å². The molecule has 0 aliphatic heterocycles. The molecule has 0 aliphatic rings. The maximum Gasteiger partial charge on any atom is 0.257 e. The van der Waals surface area contributed by atoms with E-state index >= 15 is 0 Å². The summed E-state index contributed by atoms with van der Waals surface area (Å²) in [4.78, 5) is 33.8. The summed E-state index contributed by atoms with van der Waals surface area (Å²) in [6, 6.07) is 23.8. The summed E-state index contributed by atoms with van der Waals surface area (Å²) >= 11 is 3.66. The van der Waals surface area contributed by atoms with E-state index in [0.717, 1.165) is 14.0 Å². The Bertz CT molecular complexity index is 1490. The van der Waals surface area contributed by atoms with Crippen LogP contribution in [0.25, 0.3) is 27.8 Å². The molecule has 2 N–H and O–H groups in total. The molecule has 0 radical (unpaired) electrons. The van der Waals surface area contributed by atoms with Gasteiger partial charge in [0.25, 0.3) is 11.5 Å². The molecule has 7 nitrogen and oxygen atoms in total. The number of carbonyl (C=O) groups excluding carboxylic acids is 1. The Morgan fingerprint density at radius 3 is 2.52 bits per heavy atom. The number of amides is 1. The fraction of sp³-hybridized carbons (Fsp3) is 0. The van der Waals surface area contributed by atoms with E-state index in [0.29, 0.717) is 22.8 Å². The van der Waals surface area contributed by atoms with Crippen molar-refractivity contribution in [2.24, 2.45) is 0 Å². The second-order valence-corrected chi connectivity index (χ2v) is 9.17. The lowest BCUT2D eigenvalue weighted by molar-refractivity contribution is 0.102. The van der Waals surface area contributed by atoms with E-state index in [1.165, 1.54) is 22.1 Å². The molecule has 5 aromatic rings. The van der Waals surface area contributed by atoms with Gasteiger partial charge < -0.3 is 5.32 Å². The fourth-order valence-corrected chi connectivity index (χ4v) is 4.62. The van der Waals surface area contributed by atoms with Crippen LogP contribution in [0.3, 0.4) is 0 Å². The molecule has 0 saturated carbocycles. The molecule has 33 heavy (non-hydrogen) atoms. The van der Waals surface area contributed by atoms with Crippen LogP contribution in [0, 0.1) is 3.57 Å². The smallest absolute Gasteiger partial charge is 0.257 e. The van der Waals surface area contributed by atoms with Gasteiger partial charge in [-0.2, -0.15) is 9.78 Å². The number of carbonyl (C=O) groups is 1. The van der Waals surface area contributed by atoms with Crippen LogP contribution in [0.2, 0.25) is 0 Å². The number of nitrogens with zero attached hydrogens (tertiary/aromatic N) is 3. The largest absolute Gasteiger partial charge is 0.306 e. The van der Waals surface area contributed by atoms with E-state index in [4.69, 9.17) is 0 Å². The maximum atomic E-state index is 13.0. The second kappa shape index (κ2) is 9.12. The van der Waals surface area contributed by atoms with Crippen molar-refractivity contribution in [2.75, 3.05) is 5.32 Å². The zero-order valence-electron chi connectivity index (χ0n) is 17.0. The summed E-state index contributed by atoms with van der Waals surface area (Å²) < 4.78 is 2.28. The molecule has 0 bridgehead atoms. The van der Waals surface area contributed by atoms with Crippen LogP contribution in [0.4, 0.5) is 5.82 Å². The predicted molar refractivity (Wildman–Crippen MR) is 138 cm³/mol. The first-order valence-electron chi connectivity index (χ1n) is 9.95. The van der Waals surface area contributed by atoms with Crippen molar-refractivity contribution in [2.45, 2.75) is 0 Å². The highest BCUT2D eigenvalue weighted by Crippen LogP contribution is 2.28. The molecule has 0 unspecified atom stereocenters. The van der Waals surface area contributed by atoms with E-state index in [2.05, 4.69) is 43.0 Å². The van der Waals surface area contributed by atoms with Gasteiger partial charge in [0.2, 0.25) is 5.95 Å². The monoisotopic (exact) mass is 565 g/mol. The summed E-state index contributed by atoms with van der Waals surface area (Å²) in [5.74, 6) is 0.332. The van der Waals surface area contributed by atoms with Crippen LogP contribution in [-0.4, -0.2) is 25.7 Å². The van der Waals surface area contributed by atoms with Gasteiger partial charge >= 0.3 is 0 Å². The summed E-state index contributed by atoms with van der Waals surface area (Å²) in [7, 11) is 0. The highest BCUT2D eigenvalue weighted by molar-refractivity contribution is 14.1. The first-order valence-corrected chi connectivity index (χ1v) is 11.9. The third-order valence-electron chi connectivity index (χ3n) is 4.84. The number of hydrogen-bond acceptors (Lipinski definition) is 5. The average Bonchev–Trinajstić information content (AvgIpc) is 3.50. The lowest BCUT2D eigenvalue weighted by Gasteiger charge is -2.10. The van der Waals surface area contributed by atoms with E-state index in [9.17, 15) is 9.59 Å². The highest BCUT2D eigenvalue weighted by Gasteiger charge is 2.18. The van der Waals surface area contributed by atoms with Crippen LogP contribution in [0.15, 0.2) is 89.0 Å². The zero-order valence-corrected chi connectivity index (χ0v) is 20.0. The molecule has 2 aromatic carbocycles. The molecule has 0 spiro atoms. The van der Waals surface area contributed by atoms with Gasteiger partial charge in [0.15, 0.2) is 0 Å². The Morgan fingerprint density at radius 1 is 0.970 bits per heavy atom. The molecule has 0 aliphatic carbocycles. The van der Waals surface area contributed by atoms with E-state index in [1.54, 1.807) is 12.1 Å². The molecule has 162 valence electrons. The van der Waals surface area contributed by atoms with Crippen molar-refractivity contribution in [3.05, 3.63) is 104 Å². The van der Waals surface area contributed by atoms with E-state index in [1.807, 2.05) is 66.0 Å². The Labute approximate surface area is 206 Å². The molecule has 3 aromatic heterocycles. The maximum absolute atomic E-state index is 13.0. The number of H-pyrrole nitrogens is 1. The molecule has 3 heterocycles. The van der Waals surface area contributed by atoms with Crippen molar-refractivity contribution in [1.29, 1.82) is 0 Å². The Kier molecular flexibility index (Phi) is 5.88. The minimum atomic E-state index is -0.318. The number of rotatable bonds is 5. The minimum absolute atomic E-state index is 0.210. The zero-order chi connectivity index (χ0) is 22.8. The third-order valence-corrected chi connectivity index (χ3v) is 6.68.